The second-order valence-corrected chi connectivity index (χ2v) is 7.11. The molecular formula is C16H29N3. The lowest BCUT2D eigenvalue weighted by molar-refractivity contribution is 0.410. The van der Waals surface area contributed by atoms with Gasteiger partial charge in [-0.05, 0) is 43.7 Å². The van der Waals surface area contributed by atoms with Gasteiger partial charge in [-0.2, -0.15) is 5.10 Å². The average molecular weight is 263 g/mol. The first-order chi connectivity index (χ1) is 8.75. The molecule has 2 rings (SSSR count). The molecular weight excluding hydrogens is 234 g/mol. The van der Waals surface area contributed by atoms with E-state index in [4.69, 9.17) is 0 Å². The summed E-state index contributed by atoms with van der Waals surface area (Å²) in [6.07, 6.45) is 1.07. The summed E-state index contributed by atoms with van der Waals surface area (Å²) in [6, 6.07) is 2.77. The van der Waals surface area contributed by atoms with E-state index in [1.165, 1.54) is 5.69 Å². The summed E-state index contributed by atoms with van der Waals surface area (Å²) in [5.41, 5.74) is 3.33. The van der Waals surface area contributed by atoms with Gasteiger partial charge in [-0.25, -0.2) is 0 Å². The number of nitrogens with one attached hydrogen (secondary N) is 1. The van der Waals surface area contributed by atoms with E-state index in [0.29, 0.717) is 16.9 Å². The fraction of sp³-hybridized carbons (Fsp3) is 0.812. The van der Waals surface area contributed by atoms with Crippen LogP contribution in [0.4, 0.5) is 0 Å². The quantitative estimate of drug-likeness (QED) is 0.885. The third kappa shape index (κ3) is 2.22. The Hall–Kier alpha value is -0.830. The zero-order valence-corrected chi connectivity index (χ0v) is 13.5. The van der Waals surface area contributed by atoms with Crippen molar-refractivity contribution in [2.45, 2.75) is 60.5 Å². The monoisotopic (exact) mass is 263 g/mol. The van der Waals surface area contributed by atoms with Crippen LogP contribution in [0.5, 0.6) is 0 Å². The number of likely N-dealkylation sites (N-methyl/N-ethyl adjacent to an activating group) is 1. The Bertz CT molecular complexity index is 443. The van der Waals surface area contributed by atoms with Crippen LogP contribution in [-0.2, 0) is 13.0 Å². The molecule has 0 spiro atoms. The van der Waals surface area contributed by atoms with Crippen LogP contribution in [0.3, 0.4) is 0 Å². The van der Waals surface area contributed by atoms with E-state index in [-0.39, 0.29) is 0 Å². The molecule has 1 saturated carbocycles. The van der Waals surface area contributed by atoms with Crippen molar-refractivity contribution in [1.29, 1.82) is 0 Å². The molecule has 1 aromatic rings. The van der Waals surface area contributed by atoms with Gasteiger partial charge in [-0.1, -0.05) is 27.7 Å². The van der Waals surface area contributed by atoms with Crippen LogP contribution in [0.25, 0.3) is 0 Å². The van der Waals surface area contributed by atoms with Gasteiger partial charge in [0.05, 0.1) is 5.69 Å². The fourth-order valence-corrected chi connectivity index (χ4v) is 3.90. The number of nitrogens with zero attached hydrogens (tertiary/aromatic N) is 2. The highest BCUT2D eigenvalue weighted by Gasteiger charge is 2.66. The third-order valence-electron chi connectivity index (χ3n) is 5.62. The minimum Gasteiger partial charge on any atom is -0.316 e. The van der Waals surface area contributed by atoms with E-state index >= 15 is 0 Å². The molecule has 0 saturated heterocycles. The van der Waals surface area contributed by atoms with Gasteiger partial charge in [0.2, 0.25) is 0 Å². The van der Waals surface area contributed by atoms with E-state index in [2.05, 4.69) is 69.8 Å². The first-order valence-electron chi connectivity index (χ1n) is 7.46. The molecule has 1 aliphatic carbocycles. The van der Waals surface area contributed by atoms with E-state index in [1.54, 1.807) is 0 Å². The highest BCUT2D eigenvalue weighted by molar-refractivity contribution is 5.19. The largest absolute Gasteiger partial charge is 0.316 e. The van der Waals surface area contributed by atoms with Crippen molar-refractivity contribution in [1.82, 2.24) is 15.1 Å². The Morgan fingerprint density at radius 3 is 2.32 bits per heavy atom. The second kappa shape index (κ2) is 4.62. The van der Waals surface area contributed by atoms with Gasteiger partial charge in [0, 0.05) is 24.7 Å². The van der Waals surface area contributed by atoms with Crippen LogP contribution < -0.4 is 5.32 Å². The number of hydrogen-bond acceptors (Lipinski definition) is 2. The van der Waals surface area contributed by atoms with E-state index in [0.717, 1.165) is 24.6 Å². The maximum Gasteiger partial charge on any atom is 0.0596 e. The molecule has 3 nitrogen and oxygen atoms in total. The summed E-state index contributed by atoms with van der Waals surface area (Å²) in [4.78, 5) is 0. The van der Waals surface area contributed by atoms with Crippen molar-refractivity contribution in [3.8, 4) is 0 Å². The number of aromatic nitrogens is 2. The average Bonchev–Trinajstić information content (AvgIpc) is 2.61. The number of hydrogen-bond donors (Lipinski definition) is 1. The number of aryl methyl sites for hydroxylation is 2. The predicted molar refractivity (Wildman–Crippen MR) is 80.2 cm³/mol. The molecule has 1 atom stereocenters. The number of rotatable bonds is 5. The molecule has 0 radical (unpaired) electrons. The molecule has 0 aromatic carbocycles. The highest BCUT2D eigenvalue weighted by atomic mass is 15.3. The van der Waals surface area contributed by atoms with Gasteiger partial charge in [0.1, 0.15) is 0 Å². The standard InChI is InChI=1S/C16H29N3/c1-8-19-12(9-11(2)18-19)10-13(17-7)14-15(3,4)16(14,5)6/h9,13-14,17H,8,10H2,1-7H3. The lowest BCUT2D eigenvalue weighted by Crippen LogP contribution is -2.33. The van der Waals surface area contributed by atoms with Crippen LogP contribution in [0, 0.1) is 23.7 Å². The summed E-state index contributed by atoms with van der Waals surface area (Å²) in [6.45, 7) is 14.8. The molecule has 1 unspecified atom stereocenters. The molecule has 3 heteroatoms. The van der Waals surface area contributed by atoms with Crippen molar-refractivity contribution in [3.05, 3.63) is 17.5 Å². The first kappa shape index (κ1) is 14.6. The lowest BCUT2D eigenvalue weighted by Gasteiger charge is -2.19. The zero-order chi connectivity index (χ0) is 14.4. The Balaban J connectivity index is 2.17. The van der Waals surface area contributed by atoms with Crippen molar-refractivity contribution in [2.24, 2.45) is 16.7 Å². The molecule has 1 aromatic heterocycles. The summed E-state index contributed by atoms with van der Waals surface area (Å²) in [7, 11) is 2.09. The lowest BCUT2D eigenvalue weighted by atomic mass is 9.99. The maximum atomic E-state index is 4.56. The van der Waals surface area contributed by atoms with Crippen LogP contribution >= 0.6 is 0 Å². The minimum atomic E-state index is 0.423. The molecule has 19 heavy (non-hydrogen) atoms. The summed E-state index contributed by atoms with van der Waals surface area (Å²) in [5.74, 6) is 0.727. The maximum absolute atomic E-state index is 4.56. The van der Waals surface area contributed by atoms with Crippen LogP contribution in [0.2, 0.25) is 0 Å². The molecule has 1 N–H and O–H groups in total. The molecule has 0 aliphatic heterocycles. The van der Waals surface area contributed by atoms with Gasteiger partial charge >= 0.3 is 0 Å². The van der Waals surface area contributed by atoms with Crippen molar-refractivity contribution in [3.63, 3.8) is 0 Å². The zero-order valence-electron chi connectivity index (χ0n) is 13.5. The van der Waals surface area contributed by atoms with Gasteiger partial charge in [-0.3, -0.25) is 4.68 Å². The van der Waals surface area contributed by atoms with E-state index < -0.39 is 0 Å². The molecule has 0 bridgehead atoms. The molecule has 1 aliphatic rings. The summed E-state index contributed by atoms with van der Waals surface area (Å²) in [5, 5.41) is 8.10. The van der Waals surface area contributed by atoms with Gasteiger partial charge in [0.25, 0.3) is 0 Å². The Labute approximate surface area is 117 Å². The predicted octanol–water partition coefficient (Wildman–Crippen LogP) is 3.02. The molecule has 0 amide bonds. The molecule has 1 heterocycles. The van der Waals surface area contributed by atoms with Crippen LogP contribution in [-0.4, -0.2) is 22.9 Å². The van der Waals surface area contributed by atoms with Gasteiger partial charge in [0.15, 0.2) is 0 Å². The topological polar surface area (TPSA) is 29.9 Å². The smallest absolute Gasteiger partial charge is 0.0596 e. The molecule has 1 fully saturated rings. The van der Waals surface area contributed by atoms with Crippen molar-refractivity contribution in [2.75, 3.05) is 7.05 Å². The third-order valence-corrected chi connectivity index (χ3v) is 5.62. The highest BCUT2D eigenvalue weighted by Crippen LogP contribution is 2.69. The second-order valence-electron chi connectivity index (χ2n) is 7.11. The summed E-state index contributed by atoms with van der Waals surface area (Å²) < 4.78 is 2.14. The van der Waals surface area contributed by atoms with Gasteiger partial charge in [-0.15, -0.1) is 0 Å². The fourth-order valence-electron chi connectivity index (χ4n) is 3.90. The van der Waals surface area contributed by atoms with Crippen LogP contribution in [0.15, 0.2) is 6.07 Å². The van der Waals surface area contributed by atoms with E-state index in [1.807, 2.05) is 0 Å². The van der Waals surface area contributed by atoms with Gasteiger partial charge < -0.3 is 5.32 Å². The minimum absolute atomic E-state index is 0.423. The van der Waals surface area contributed by atoms with Crippen LogP contribution in [0.1, 0.15) is 46.0 Å². The SMILES string of the molecule is CCn1nc(C)cc1CC(NC)C1C(C)(C)C1(C)C. The molecule has 108 valence electrons. The Morgan fingerprint density at radius 2 is 1.89 bits per heavy atom. The van der Waals surface area contributed by atoms with Crippen molar-refractivity contribution >= 4 is 0 Å². The van der Waals surface area contributed by atoms with Crippen molar-refractivity contribution < 1.29 is 0 Å². The Kier molecular flexibility index (Phi) is 3.54. The van der Waals surface area contributed by atoms with E-state index in [9.17, 15) is 0 Å². The first-order valence-corrected chi connectivity index (χ1v) is 7.46. The Morgan fingerprint density at radius 1 is 1.32 bits per heavy atom. The normalized spacial score (nSPS) is 22.5. The summed E-state index contributed by atoms with van der Waals surface area (Å²) >= 11 is 0.